The third kappa shape index (κ3) is 15.8. The molecular weight excluding hydrogens is 347 g/mol. The summed E-state index contributed by atoms with van der Waals surface area (Å²) in [6.07, 6.45) is 0. The van der Waals surface area contributed by atoms with Gasteiger partial charge in [0.1, 0.15) is 0 Å². The number of hydrogen-bond donors (Lipinski definition) is 0. The molecule has 0 atom stereocenters. The molecule has 0 aliphatic rings. The molecule has 0 unspecified atom stereocenters. The predicted octanol–water partition coefficient (Wildman–Crippen LogP) is -0.961. The van der Waals surface area contributed by atoms with Crippen molar-refractivity contribution in [2.75, 3.05) is 0 Å². The van der Waals surface area contributed by atoms with Gasteiger partial charge in [0, 0.05) is 20.8 Å². The van der Waals surface area contributed by atoms with Gasteiger partial charge in [-0.25, -0.2) is 0 Å². The molecule has 8 nitrogen and oxygen atoms in total. The molecule has 112 valence electrons. The zero-order chi connectivity index (χ0) is 16.7. The van der Waals surface area contributed by atoms with Gasteiger partial charge in [-0.1, -0.05) is 0 Å². The van der Waals surface area contributed by atoms with E-state index in [-0.39, 0.29) is 7.43 Å². The summed E-state index contributed by atoms with van der Waals surface area (Å²) in [6, 6.07) is 15.0. The molecule has 0 amide bonds. The van der Waals surface area contributed by atoms with Gasteiger partial charge in [-0.05, 0) is 0 Å². The van der Waals surface area contributed by atoms with E-state index in [2.05, 4.69) is 42.5 Å². The third-order valence-electron chi connectivity index (χ3n) is 2.01. The second kappa shape index (κ2) is 10.3. The van der Waals surface area contributed by atoms with Crippen molar-refractivity contribution in [3.8, 4) is 0 Å². The molecule has 0 radical (unpaired) electrons. The van der Waals surface area contributed by atoms with Crippen LogP contribution in [0.25, 0.3) is 10.8 Å². The first kappa shape index (κ1) is 23.7. The van der Waals surface area contributed by atoms with Crippen LogP contribution in [0.4, 0.5) is 0 Å². The van der Waals surface area contributed by atoms with Gasteiger partial charge in [-0.2, -0.15) is 0 Å². The van der Waals surface area contributed by atoms with E-state index in [0.717, 1.165) is 27.9 Å². The third-order valence-corrected chi connectivity index (χ3v) is 2.88. The molecule has 0 aliphatic carbocycles. The molecule has 22 heavy (non-hydrogen) atoms. The molecule has 0 saturated heterocycles. The average molecular weight is 354 g/mol. The predicted molar refractivity (Wildman–Crippen MR) is 73.5 cm³/mol. The molecule has 0 spiro atoms. The van der Waals surface area contributed by atoms with Gasteiger partial charge in [-0.3, -0.25) is 16.8 Å². The summed E-state index contributed by atoms with van der Waals surface area (Å²) >= 11 is 1.14. The van der Waals surface area contributed by atoms with Crippen molar-refractivity contribution >= 4 is 62.3 Å². The van der Waals surface area contributed by atoms with Crippen LogP contribution in [0.15, 0.2) is 42.5 Å². The van der Waals surface area contributed by atoms with Crippen molar-refractivity contribution in [3.63, 3.8) is 0 Å². The van der Waals surface area contributed by atoms with Gasteiger partial charge >= 0.3 is 91.4 Å². The molecule has 2 rings (SSSR count). The van der Waals surface area contributed by atoms with Crippen LogP contribution in [0.2, 0.25) is 0 Å². The van der Waals surface area contributed by atoms with E-state index in [1.54, 1.807) is 0 Å². The Balaban J connectivity index is 0. The SMILES string of the molecule is O=S(=O)([O-])[O-].O=S(=O)([O-])[O-].[C+4].[Na][c]1cccc2ccccc12. The summed E-state index contributed by atoms with van der Waals surface area (Å²) in [4.78, 5) is 0. The van der Waals surface area contributed by atoms with E-state index >= 15 is 0 Å². The van der Waals surface area contributed by atoms with Crippen molar-refractivity contribution in [1.82, 2.24) is 0 Å². The van der Waals surface area contributed by atoms with Crippen LogP contribution < -0.4 is 2.81 Å². The van der Waals surface area contributed by atoms with Gasteiger partial charge in [0.05, 0.1) is 0 Å². The quantitative estimate of drug-likeness (QED) is 0.332. The fourth-order valence-corrected chi connectivity index (χ4v) is 2.04. The van der Waals surface area contributed by atoms with Crippen LogP contribution in [-0.4, -0.2) is 63.0 Å². The van der Waals surface area contributed by atoms with Crippen molar-refractivity contribution in [2.24, 2.45) is 0 Å². The van der Waals surface area contributed by atoms with Crippen LogP contribution in [0.3, 0.4) is 0 Å². The van der Waals surface area contributed by atoms with E-state index in [1.165, 1.54) is 13.6 Å². The minimum absolute atomic E-state index is 0. The summed E-state index contributed by atoms with van der Waals surface area (Å²) in [5.74, 6) is 0. The normalized spacial score (nSPS) is 10.5. The molecule has 0 fully saturated rings. The molecule has 11 heteroatoms. The summed E-state index contributed by atoms with van der Waals surface area (Å²) in [5.41, 5.74) is 0. The molecule has 0 aromatic heterocycles. The molecule has 0 N–H and O–H groups in total. The average Bonchev–Trinajstić information content (AvgIpc) is 2.25. The van der Waals surface area contributed by atoms with E-state index in [0.29, 0.717) is 0 Å². The molecule has 0 heterocycles. The first-order valence-corrected chi connectivity index (χ1v) is 8.82. The Hall–Kier alpha value is -0.560. The standard InChI is InChI=1S/C10H7.C.Na.2H2O4S/c1-2-6-10-8-4-3-7-9(10)5-1;;;2*1-5(2,3)4/h1-7H;;;2*(H2,1,2,3,4)/q;+4;;;/p-4. The summed E-state index contributed by atoms with van der Waals surface area (Å²) < 4.78 is 69.7. The van der Waals surface area contributed by atoms with Crippen molar-refractivity contribution in [2.45, 2.75) is 0 Å². The first-order valence-electron chi connectivity index (χ1n) is 5.15. The van der Waals surface area contributed by atoms with Crippen LogP contribution in [0.1, 0.15) is 0 Å². The van der Waals surface area contributed by atoms with Gasteiger partial charge in [0.25, 0.3) is 0 Å². The van der Waals surface area contributed by atoms with Crippen LogP contribution in [0, 0.1) is 7.43 Å². The Morgan fingerprint density at radius 1 is 0.727 bits per heavy atom. The Morgan fingerprint density at radius 3 is 1.50 bits per heavy atom. The van der Waals surface area contributed by atoms with Crippen LogP contribution in [0.5, 0.6) is 0 Å². The second-order valence-electron chi connectivity index (χ2n) is 3.61. The molecule has 0 saturated carbocycles. The molecule has 0 aliphatic heterocycles. The van der Waals surface area contributed by atoms with Gasteiger partial charge in [0.15, 0.2) is 0 Å². The zero-order valence-electron chi connectivity index (χ0n) is 11.1. The Bertz CT molecular complexity index is 735. The fraction of sp³-hybridized carbons (Fsp3) is 0. The zero-order valence-corrected chi connectivity index (χ0v) is 14.8. The minimum atomic E-state index is -5.17. The van der Waals surface area contributed by atoms with E-state index < -0.39 is 20.8 Å². The Kier molecular flexibility index (Phi) is 11.1. The van der Waals surface area contributed by atoms with Crippen molar-refractivity contribution in [3.05, 3.63) is 49.9 Å². The number of rotatable bonds is 0. The maximum absolute atomic E-state index is 8.52. The van der Waals surface area contributed by atoms with Crippen LogP contribution >= 0.6 is 0 Å². The molecular formula is C11H7NaO8S2. The molecule has 2 aromatic rings. The number of benzene rings is 2. The molecule has 0 bridgehead atoms. The molecule has 2 aromatic carbocycles. The van der Waals surface area contributed by atoms with E-state index in [4.69, 9.17) is 35.0 Å². The summed E-state index contributed by atoms with van der Waals surface area (Å²) in [5, 5.41) is 2.78. The van der Waals surface area contributed by atoms with Gasteiger partial charge in [-0.15, -0.1) is 0 Å². The number of fused-ring (bicyclic) bond motifs is 1. The van der Waals surface area contributed by atoms with Gasteiger partial charge < -0.3 is 18.2 Å². The Morgan fingerprint density at radius 2 is 1.09 bits per heavy atom. The van der Waals surface area contributed by atoms with E-state index in [1.807, 2.05) is 0 Å². The first-order chi connectivity index (χ1) is 9.38. The van der Waals surface area contributed by atoms with Crippen LogP contribution in [-0.2, 0) is 20.8 Å². The van der Waals surface area contributed by atoms with E-state index in [9.17, 15) is 0 Å². The second-order valence-corrected chi connectivity index (χ2v) is 6.32. The fourth-order valence-electron chi connectivity index (χ4n) is 1.39. The van der Waals surface area contributed by atoms with Crippen molar-refractivity contribution < 1.29 is 35.0 Å². The summed E-state index contributed by atoms with van der Waals surface area (Å²) in [6.45, 7) is 0. The summed E-state index contributed by atoms with van der Waals surface area (Å²) in [7, 11) is -10.3. The Labute approximate surface area is 146 Å². The number of hydrogen-bond acceptors (Lipinski definition) is 8. The topological polar surface area (TPSA) is 161 Å². The van der Waals surface area contributed by atoms with Crippen molar-refractivity contribution in [1.29, 1.82) is 0 Å². The monoisotopic (exact) mass is 354 g/mol. The maximum atomic E-state index is 8.52. The van der Waals surface area contributed by atoms with Gasteiger partial charge in [0.2, 0.25) is 0 Å².